The van der Waals surface area contributed by atoms with Gasteiger partial charge in [-0.25, -0.2) is 4.79 Å². The lowest BCUT2D eigenvalue weighted by molar-refractivity contribution is -0.140. The second-order valence-electron chi connectivity index (χ2n) is 8.66. The van der Waals surface area contributed by atoms with Crippen LogP contribution < -0.4 is 10.6 Å². The van der Waals surface area contributed by atoms with Crippen LogP contribution in [0, 0.1) is 5.92 Å². The lowest BCUT2D eigenvalue weighted by Gasteiger charge is -2.21. The third-order valence-electron chi connectivity index (χ3n) is 5.54. The Labute approximate surface area is 188 Å². The molecule has 2 atom stereocenters. The largest absolute Gasteiger partial charge is 0.481 e. The predicted molar refractivity (Wildman–Crippen MR) is 121 cm³/mol. The standard InChI is InChI=1S/C25H30N2O5/c1-15(2)12-16(3)26-24(30)22(13-23(28)29)27-25(31)32-14-21-19-10-6-4-8-17(19)18-9-5-7-11-20(18)21/h4-11,15-16,21-22H,12-14H2,1-3H3,(H,26,30)(H,27,31)(H,28,29). The third kappa shape index (κ3) is 5.66. The molecule has 0 heterocycles. The van der Waals surface area contributed by atoms with E-state index in [0.717, 1.165) is 28.7 Å². The molecule has 0 aliphatic heterocycles. The number of carbonyl (C=O) groups is 3. The van der Waals surface area contributed by atoms with Crippen molar-refractivity contribution < 1.29 is 24.2 Å². The molecule has 2 aromatic carbocycles. The summed E-state index contributed by atoms with van der Waals surface area (Å²) in [4.78, 5) is 36.3. The summed E-state index contributed by atoms with van der Waals surface area (Å²) in [6.07, 6.45) is -0.592. The molecule has 170 valence electrons. The van der Waals surface area contributed by atoms with E-state index in [1.165, 1.54) is 0 Å². The van der Waals surface area contributed by atoms with Crippen LogP contribution in [-0.4, -0.2) is 41.8 Å². The average molecular weight is 439 g/mol. The molecule has 1 aliphatic carbocycles. The van der Waals surface area contributed by atoms with Gasteiger partial charge in [0, 0.05) is 12.0 Å². The first-order chi connectivity index (χ1) is 15.3. The molecule has 0 bridgehead atoms. The van der Waals surface area contributed by atoms with Crippen molar-refractivity contribution in [1.29, 1.82) is 0 Å². The zero-order chi connectivity index (χ0) is 23.3. The molecule has 1 aliphatic rings. The number of aliphatic carboxylic acids is 1. The van der Waals surface area contributed by atoms with E-state index in [2.05, 4.69) is 10.6 Å². The quantitative estimate of drug-likeness (QED) is 0.550. The molecule has 0 fully saturated rings. The molecule has 2 amide bonds. The van der Waals surface area contributed by atoms with E-state index in [4.69, 9.17) is 4.74 Å². The Bertz CT molecular complexity index is 942. The van der Waals surface area contributed by atoms with Crippen LogP contribution in [0.3, 0.4) is 0 Å². The first-order valence-corrected chi connectivity index (χ1v) is 10.9. The zero-order valence-electron chi connectivity index (χ0n) is 18.6. The van der Waals surface area contributed by atoms with Gasteiger partial charge in [-0.3, -0.25) is 9.59 Å². The van der Waals surface area contributed by atoms with E-state index in [1.807, 2.05) is 69.3 Å². The highest BCUT2D eigenvalue weighted by Gasteiger charge is 2.30. The number of carboxylic acid groups (broad SMARTS) is 1. The van der Waals surface area contributed by atoms with Crippen LogP contribution in [0.1, 0.15) is 50.7 Å². The van der Waals surface area contributed by atoms with Gasteiger partial charge in [0.1, 0.15) is 12.6 Å². The van der Waals surface area contributed by atoms with Gasteiger partial charge in [-0.05, 0) is 41.5 Å². The monoisotopic (exact) mass is 438 g/mol. The number of carbonyl (C=O) groups excluding carboxylic acids is 2. The number of benzene rings is 2. The number of hydrogen-bond donors (Lipinski definition) is 3. The molecule has 0 spiro atoms. The fourth-order valence-corrected chi connectivity index (χ4v) is 4.28. The van der Waals surface area contributed by atoms with Crippen molar-refractivity contribution in [2.45, 2.75) is 51.6 Å². The SMILES string of the molecule is CC(C)CC(C)NC(=O)C(CC(=O)O)NC(=O)OCC1c2ccccc2-c2ccccc21. The highest BCUT2D eigenvalue weighted by atomic mass is 16.5. The molecule has 0 aromatic heterocycles. The fraction of sp³-hybridized carbons (Fsp3) is 0.400. The molecular weight excluding hydrogens is 408 g/mol. The summed E-state index contributed by atoms with van der Waals surface area (Å²) < 4.78 is 5.45. The minimum absolute atomic E-state index is 0.0883. The normalized spacial score (nSPS) is 14.2. The maximum atomic E-state index is 12.5. The molecule has 0 saturated carbocycles. The second kappa shape index (κ2) is 10.3. The van der Waals surface area contributed by atoms with Crippen LogP contribution in [0.4, 0.5) is 4.79 Å². The van der Waals surface area contributed by atoms with E-state index in [9.17, 15) is 19.5 Å². The van der Waals surface area contributed by atoms with Crippen molar-refractivity contribution in [3.05, 3.63) is 59.7 Å². The van der Waals surface area contributed by atoms with Gasteiger partial charge < -0.3 is 20.5 Å². The van der Waals surface area contributed by atoms with Crippen LogP contribution >= 0.6 is 0 Å². The maximum Gasteiger partial charge on any atom is 0.407 e. The van der Waals surface area contributed by atoms with Gasteiger partial charge >= 0.3 is 12.1 Å². The molecule has 0 saturated heterocycles. The van der Waals surface area contributed by atoms with Crippen molar-refractivity contribution in [3.63, 3.8) is 0 Å². The number of nitrogens with one attached hydrogen (secondary N) is 2. The highest BCUT2D eigenvalue weighted by molar-refractivity contribution is 5.89. The minimum Gasteiger partial charge on any atom is -0.481 e. The van der Waals surface area contributed by atoms with Crippen LogP contribution in [0.15, 0.2) is 48.5 Å². The lowest BCUT2D eigenvalue weighted by atomic mass is 9.98. The summed E-state index contributed by atoms with van der Waals surface area (Å²) >= 11 is 0. The van der Waals surface area contributed by atoms with Gasteiger partial charge in [0.15, 0.2) is 0 Å². The van der Waals surface area contributed by atoms with Crippen molar-refractivity contribution in [1.82, 2.24) is 10.6 Å². The first kappa shape index (κ1) is 23.3. The fourth-order valence-electron chi connectivity index (χ4n) is 4.28. The Kier molecular flexibility index (Phi) is 7.51. The molecule has 2 unspecified atom stereocenters. The van der Waals surface area contributed by atoms with Gasteiger partial charge in [-0.15, -0.1) is 0 Å². The average Bonchev–Trinajstić information content (AvgIpc) is 3.04. The number of amides is 2. The molecule has 3 N–H and O–H groups in total. The smallest absolute Gasteiger partial charge is 0.407 e. The maximum absolute atomic E-state index is 12.5. The molecule has 3 rings (SSSR count). The first-order valence-electron chi connectivity index (χ1n) is 10.9. The third-order valence-corrected chi connectivity index (χ3v) is 5.54. The van der Waals surface area contributed by atoms with Crippen LogP contribution in [-0.2, 0) is 14.3 Å². The highest BCUT2D eigenvalue weighted by Crippen LogP contribution is 2.44. The molecule has 0 radical (unpaired) electrons. The number of alkyl carbamates (subject to hydrolysis) is 1. The van der Waals surface area contributed by atoms with Crippen molar-refractivity contribution in [2.75, 3.05) is 6.61 Å². The summed E-state index contributed by atoms with van der Waals surface area (Å²) in [6.45, 7) is 6.01. The Hall–Kier alpha value is -3.35. The van der Waals surface area contributed by atoms with E-state index < -0.39 is 30.4 Å². The number of rotatable bonds is 9. The topological polar surface area (TPSA) is 105 Å². The van der Waals surface area contributed by atoms with E-state index in [1.54, 1.807) is 0 Å². The van der Waals surface area contributed by atoms with E-state index in [0.29, 0.717) is 5.92 Å². The molecular formula is C25H30N2O5. The summed E-state index contributed by atoms with van der Waals surface area (Å²) in [7, 11) is 0. The van der Waals surface area contributed by atoms with Gasteiger partial charge in [-0.2, -0.15) is 0 Å². The van der Waals surface area contributed by atoms with Gasteiger partial charge in [0.05, 0.1) is 6.42 Å². The van der Waals surface area contributed by atoms with Crippen molar-refractivity contribution in [2.24, 2.45) is 5.92 Å². The Morgan fingerprint density at radius 3 is 2.03 bits per heavy atom. The lowest BCUT2D eigenvalue weighted by Crippen LogP contribution is -2.50. The van der Waals surface area contributed by atoms with Crippen LogP contribution in [0.25, 0.3) is 11.1 Å². The molecule has 7 nitrogen and oxygen atoms in total. The zero-order valence-corrected chi connectivity index (χ0v) is 18.6. The van der Waals surface area contributed by atoms with Gasteiger partial charge in [0.25, 0.3) is 0 Å². The molecule has 2 aromatic rings. The Balaban J connectivity index is 1.64. The van der Waals surface area contributed by atoms with Crippen LogP contribution in [0.2, 0.25) is 0 Å². The summed E-state index contributed by atoms with van der Waals surface area (Å²) in [5, 5.41) is 14.4. The summed E-state index contributed by atoms with van der Waals surface area (Å²) in [6, 6.07) is 14.6. The predicted octanol–water partition coefficient (Wildman–Crippen LogP) is 3.92. The van der Waals surface area contributed by atoms with E-state index >= 15 is 0 Å². The number of hydrogen-bond acceptors (Lipinski definition) is 4. The molecule has 7 heteroatoms. The van der Waals surface area contributed by atoms with Crippen molar-refractivity contribution >= 4 is 18.0 Å². The Morgan fingerprint density at radius 1 is 0.938 bits per heavy atom. The van der Waals surface area contributed by atoms with Crippen molar-refractivity contribution in [3.8, 4) is 11.1 Å². The number of ether oxygens (including phenoxy) is 1. The number of fused-ring (bicyclic) bond motifs is 3. The second-order valence-corrected chi connectivity index (χ2v) is 8.66. The van der Waals surface area contributed by atoms with Crippen LogP contribution in [0.5, 0.6) is 0 Å². The number of carboxylic acids is 1. The molecule has 32 heavy (non-hydrogen) atoms. The summed E-state index contributed by atoms with van der Waals surface area (Å²) in [5.41, 5.74) is 4.37. The summed E-state index contributed by atoms with van der Waals surface area (Å²) in [5.74, 6) is -1.46. The van der Waals surface area contributed by atoms with Gasteiger partial charge in [-0.1, -0.05) is 62.4 Å². The van der Waals surface area contributed by atoms with E-state index in [-0.39, 0.29) is 18.6 Å². The van der Waals surface area contributed by atoms with Gasteiger partial charge in [0.2, 0.25) is 5.91 Å². The minimum atomic E-state index is -1.21. The Morgan fingerprint density at radius 2 is 1.50 bits per heavy atom.